The number of nitriles is 1. The minimum atomic E-state index is -0.432. The summed E-state index contributed by atoms with van der Waals surface area (Å²) in [7, 11) is 0. The topological polar surface area (TPSA) is 82.9 Å². The molecule has 4 nitrogen and oxygen atoms in total. The Bertz CT molecular complexity index is 305. The van der Waals surface area contributed by atoms with Crippen molar-refractivity contribution < 1.29 is 5.11 Å². The zero-order valence-corrected chi connectivity index (χ0v) is 6.44. The van der Waals surface area contributed by atoms with Gasteiger partial charge in [0, 0.05) is 17.8 Å². The molecule has 1 rings (SSSR count). The van der Waals surface area contributed by atoms with Crippen LogP contribution in [0.1, 0.15) is 18.0 Å². The molecule has 0 aliphatic carbocycles. The normalized spacial score (nSPS) is 12.0. The van der Waals surface area contributed by atoms with E-state index in [-0.39, 0.29) is 12.2 Å². The number of nitrogens with zero attached hydrogens (tertiary/aromatic N) is 2. The van der Waals surface area contributed by atoms with E-state index in [9.17, 15) is 5.11 Å². The third kappa shape index (κ3) is 1.71. The molecule has 0 bridgehead atoms. The maximum Gasteiger partial charge on any atom is 0.138 e. The highest BCUT2D eigenvalue weighted by atomic mass is 16.3. The molecule has 62 valence electrons. The molecular weight excluding hydrogens is 154 g/mol. The molecule has 0 aliphatic heterocycles. The smallest absolute Gasteiger partial charge is 0.138 e. The van der Waals surface area contributed by atoms with Crippen molar-refractivity contribution in [3.8, 4) is 11.8 Å². The molecule has 4 heteroatoms. The summed E-state index contributed by atoms with van der Waals surface area (Å²) in [6, 6.07) is 3.11. The molecule has 3 N–H and O–H groups in total. The Morgan fingerprint density at radius 2 is 2.50 bits per heavy atom. The van der Waals surface area contributed by atoms with E-state index in [0.717, 1.165) is 0 Å². The predicted octanol–water partition coefficient (Wildman–Crippen LogP) is 0.701. The summed E-state index contributed by atoms with van der Waals surface area (Å²) in [4.78, 5) is 3.70. The Morgan fingerprint density at radius 3 is 3.08 bits per heavy atom. The van der Waals surface area contributed by atoms with Gasteiger partial charge in [0.25, 0.3) is 0 Å². The molecule has 0 saturated heterocycles. The van der Waals surface area contributed by atoms with Crippen LogP contribution < -0.4 is 5.73 Å². The van der Waals surface area contributed by atoms with E-state index >= 15 is 0 Å². The monoisotopic (exact) mass is 163 g/mol. The predicted molar refractivity (Wildman–Crippen MR) is 43.1 cm³/mol. The van der Waals surface area contributed by atoms with Crippen molar-refractivity contribution in [2.75, 3.05) is 0 Å². The summed E-state index contributed by atoms with van der Waals surface area (Å²) in [6.07, 6.45) is 3.04. The minimum Gasteiger partial charge on any atom is -0.506 e. The Morgan fingerprint density at radius 1 is 1.75 bits per heavy atom. The van der Waals surface area contributed by atoms with Crippen LogP contribution in [0, 0.1) is 11.3 Å². The van der Waals surface area contributed by atoms with Gasteiger partial charge < -0.3 is 10.8 Å². The lowest BCUT2D eigenvalue weighted by atomic mass is 10.1. The number of nitrogens with two attached hydrogens (primary N) is 1. The second-order valence-corrected chi connectivity index (χ2v) is 2.40. The molecular formula is C8H9N3O. The molecule has 12 heavy (non-hydrogen) atoms. The van der Waals surface area contributed by atoms with Crippen LogP contribution in [-0.4, -0.2) is 10.1 Å². The molecule has 0 spiro atoms. The number of hydrogen-bond acceptors (Lipinski definition) is 4. The quantitative estimate of drug-likeness (QED) is 0.672. The highest BCUT2D eigenvalue weighted by Gasteiger charge is 2.09. The van der Waals surface area contributed by atoms with Crippen molar-refractivity contribution in [3.63, 3.8) is 0 Å². The fourth-order valence-corrected chi connectivity index (χ4v) is 0.919. The summed E-state index contributed by atoms with van der Waals surface area (Å²) in [6.45, 7) is 0. The average Bonchev–Trinajstić information content (AvgIpc) is 2.05. The van der Waals surface area contributed by atoms with E-state index in [1.165, 1.54) is 12.4 Å². The third-order valence-corrected chi connectivity index (χ3v) is 1.54. The summed E-state index contributed by atoms with van der Waals surface area (Å²) >= 11 is 0. The molecule has 0 unspecified atom stereocenters. The van der Waals surface area contributed by atoms with Gasteiger partial charge in [-0.3, -0.25) is 4.98 Å². The summed E-state index contributed by atoms with van der Waals surface area (Å²) in [5.41, 5.74) is 6.16. The van der Waals surface area contributed by atoms with Crippen molar-refractivity contribution in [1.29, 1.82) is 5.26 Å². The average molecular weight is 163 g/mol. The Hall–Kier alpha value is -1.60. The van der Waals surface area contributed by atoms with Crippen molar-refractivity contribution >= 4 is 0 Å². The molecule has 1 aromatic rings. The maximum absolute atomic E-state index is 9.26. The lowest BCUT2D eigenvalue weighted by Crippen LogP contribution is -2.09. The molecule has 1 aromatic heterocycles. The van der Waals surface area contributed by atoms with Gasteiger partial charge in [-0.25, -0.2) is 0 Å². The fraction of sp³-hybridized carbons (Fsp3) is 0.250. The van der Waals surface area contributed by atoms with Crippen LogP contribution in [0.5, 0.6) is 5.75 Å². The fourth-order valence-electron chi connectivity index (χ4n) is 0.919. The second-order valence-electron chi connectivity index (χ2n) is 2.40. The number of aromatic nitrogens is 1. The van der Waals surface area contributed by atoms with Crippen molar-refractivity contribution in [2.24, 2.45) is 5.73 Å². The summed E-state index contributed by atoms with van der Waals surface area (Å²) in [5.74, 6) is 0.0419. The molecule has 0 radical (unpaired) electrons. The summed E-state index contributed by atoms with van der Waals surface area (Å²) < 4.78 is 0. The highest BCUT2D eigenvalue weighted by molar-refractivity contribution is 5.31. The first-order valence-electron chi connectivity index (χ1n) is 3.51. The van der Waals surface area contributed by atoms with Crippen LogP contribution in [-0.2, 0) is 0 Å². The van der Waals surface area contributed by atoms with Crippen LogP contribution in [0.25, 0.3) is 0 Å². The highest BCUT2D eigenvalue weighted by Crippen LogP contribution is 2.22. The third-order valence-electron chi connectivity index (χ3n) is 1.54. The number of hydrogen-bond donors (Lipinski definition) is 2. The number of rotatable bonds is 2. The molecule has 0 amide bonds. The largest absolute Gasteiger partial charge is 0.506 e. The zero-order chi connectivity index (χ0) is 8.97. The van der Waals surface area contributed by atoms with Crippen LogP contribution >= 0.6 is 0 Å². The van der Waals surface area contributed by atoms with Gasteiger partial charge in [0.1, 0.15) is 5.75 Å². The molecule has 1 heterocycles. The van der Waals surface area contributed by atoms with Crippen molar-refractivity contribution in [1.82, 2.24) is 4.98 Å². The van der Waals surface area contributed by atoms with Gasteiger partial charge in [0.15, 0.2) is 0 Å². The van der Waals surface area contributed by atoms with Crippen LogP contribution in [0.4, 0.5) is 0 Å². The standard InChI is InChI=1S/C8H9N3O/c9-3-1-7(10)6-2-4-11-5-8(6)12/h2,4-5,7,12H,1,10H2/t7-/m0/s1. The SMILES string of the molecule is N#CC[C@H](N)c1ccncc1O. The first kappa shape index (κ1) is 8.50. The summed E-state index contributed by atoms with van der Waals surface area (Å²) in [5, 5.41) is 17.6. The van der Waals surface area contributed by atoms with Crippen molar-refractivity contribution in [3.05, 3.63) is 24.0 Å². The van der Waals surface area contributed by atoms with E-state index in [4.69, 9.17) is 11.0 Å². The van der Waals surface area contributed by atoms with Gasteiger partial charge >= 0.3 is 0 Å². The molecule has 0 fully saturated rings. The van der Waals surface area contributed by atoms with Crippen LogP contribution in [0.2, 0.25) is 0 Å². The maximum atomic E-state index is 9.26. The van der Waals surface area contributed by atoms with Gasteiger partial charge in [-0.1, -0.05) is 0 Å². The molecule has 1 atom stereocenters. The van der Waals surface area contributed by atoms with Gasteiger partial charge in [0.05, 0.1) is 18.7 Å². The lowest BCUT2D eigenvalue weighted by molar-refractivity contribution is 0.459. The first-order chi connectivity index (χ1) is 5.75. The van der Waals surface area contributed by atoms with E-state index in [1.807, 2.05) is 6.07 Å². The van der Waals surface area contributed by atoms with E-state index in [2.05, 4.69) is 4.98 Å². The van der Waals surface area contributed by atoms with Gasteiger partial charge in [-0.15, -0.1) is 0 Å². The van der Waals surface area contributed by atoms with Crippen LogP contribution in [0.15, 0.2) is 18.5 Å². The van der Waals surface area contributed by atoms with Gasteiger partial charge in [0.2, 0.25) is 0 Å². The molecule has 0 saturated carbocycles. The second kappa shape index (κ2) is 3.69. The zero-order valence-electron chi connectivity index (χ0n) is 6.44. The lowest BCUT2D eigenvalue weighted by Gasteiger charge is -2.08. The van der Waals surface area contributed by atoms with E-state index < -0.39 is 6.04 Å². The minimum absolute atomic E-state index is 0.0419. The number of pyridine rings is 1. The molecule has 0 aromatic carbocycles. The first-order valence-corrected chi connectivity index (χ1v) is 3.51. The van der Waals surface area contributed by atoms with E-state index in [0.29, 0.717) is 5.56 Å². The van der Waals surface area contributed by atoms with Gasteiger partial charge in [-0.2, -0.15) is 5.26 Å². The van der Waals surface area contributed by atoms with Crippen molar-refractivity contribution in [2.45, 2.75) is 12.5 Å². The van der Waals surface area contributed by atoms with E-state index in [1.54, 1.807) is 6.07 Å². The van der Waals surface area contributed by atoms with Crippen LogP contribution in [0.3, 0.4) is 0 Å². The molecule has 0 aliphatic rings. The van der Waals surface area contributed by atoms with Gasteiger partial charge in [-0.05, 0) is 6.07 Å². The Balaban J connectivity index is 2.88. The Kier molecular flexibility index (Phi) is 2.62. The Labute approximate surface area is 70.3 Å². The number of aromatic hydroxyl groups is 1.